The molecule has 0 aliphatic carbocycles. The van der Waals surface area contributed by atoms with E-state index in [1.165, 1.54) is 4.31 Å². The van der Waals surface area contributed by atoms with E-state index in [0.717, 1.165) is 5.56 Å². The Balaban J connectivity index is 2.02. The van der Waals surface area contributed by atoms with Crippen LogP contribution in [0.25, 0.3) is 0 Å². The molecule has 1 aliphatic rings. The van der Waals surface area contributed by atoms with Crippen LogP contribution in [0.3, 0.4) is 0 Å². The first-order chi connectivity index (χ1) is 9.28. The van der Waals surface area contributed by atoms with Crippen molar-refractivity contribution in [3.8, 4) is 0 Å². The SMILES string of the molecule is CC(C)(C)OC(=O)CS(=O)N1Cc2ccccc2C1=O. The third-order valence-electron chi connectivity index (χ3n) is 2.70. The maximum absolute atomic E-state index is 12.1. The van der Waals surface area contributed by atoms with E-state index < -0.39 is 22.6 Å². The van der Waals surface area contributed by atoms with Gasteiger partial charge < -0.3 is 4.74 Å². The molecule has 108 valence electrons. The first kappa shape index (κ1) is 14.7. The van der Waals surface area contributed by atoms with Crippen molar-refractivity contribution in [2.24, 2.45) is 0 Å². The van der Waals surface area contributed by atoms with Gasteiger partial charge in [0.1, 0.15) is 22.3 Å². The Morgan fingerprint density at radius 2 is 2.00 bits per heavy atom. The lowest BCUT2D eigenvalue weighted by Crippen LogP contribution is -2.33. The average Bonchev–Trinajstić information content (AvgIpc) is 2.65. The number of fused-ring (bicyclic) bond motifs is 1. The minimum absolute atomic E-state index is 0.268. The first-order valence-electron chi connectivity index (χ1n) is 6.28. The average molecular weight is 295 g/mol. The molecule has 1 unspecified atom stereocenters. The number of nitrogens with zero attached hydrogens (tertiary/aromatic N) is 1. The zero-order valence-corrected chi connectivity index (χ0v) is 12.5. The molecule has 0 spiro atoms. The number of benzene rings is 1. The van der Waals surface area contributed by atoms with Gasteiger partial charge in [0, 0.05) is 5.56 Å². The van der Waals surface area contributed by atoms with E-state index >= 15 is 0 Å². The van der Waals surface area contributed by atoms with E-state index in [2.05, 4.69) is 0 Å². The molecule has 6 heteroatoms. The predicted octanol–water partition coefficient (Wildman–Crippen LogP) is 1.65. The topological polar surface area (TPSA) is 63.7 Å². The van der Waals surface area contributed by atoms with Gasteiger partial charge in [-0.25, -0.2) is 4.21 Å². The van der Waals surface area contributed by atoms with Crippen LogP contribution in [0, 0.1) is 0 Å². The van der Waals surface area contributed by atoms with Crippen LogP contribution in [0.5, 0.6) is 0 Å². The zero-order chi connectivity index (χ0) is 14.9. The molecule has 0 bridgehead atoms. The van der Waals surface area contributed by atoms with Crippen molar-refractivity contribution < 1.29 is 18.5 Å². The van der Waals surface area contributed by atoms with Crippen LogP contribution in [0.1, 0.15) is 36.7 Å². The number of hydrogen-bond donors (Lipinski definition) is 0. The second-order valence-electron chi connectivity index (χ2n) is 5.55. The summed E-state index contributed by atoms with van der Waals surface area (Å²) in [5.74, 6) is -1.18. The molecular formula is C14H17NO4S. The summed E-state index contributed by atoms with van der Waals surface area (Å²) in [6.07, 6.45) is 0. The minimum atomic E-state index is -1.71. The Kier molecular flexibility index (Phi) is 3.94. The van der Waals surface area contributed by atoms with Crippen molar-refractivity contribution in [1.29, 1.82) is 0 Å². The fraction of sp³-hybridized carbons (Fsp3) is 0.429. The fourth-order valence-electron chi connectivity index (χ4n) is 1.94. The van der Waals surface area contributed by atoms with Crippen LogP contribution in [0.4, 0.5) is 0 Å². The van der Waals surface area contributed by atoms with Gasteiger partial charge in [-0.15, -0.1) is 0 Å². The first-order valence-corrected chi connectivity index (χ1v) is 7.55. The van der Waals surface area contributed by atoms with Crippen molar-refractivity contribution in [2.75, 3.05) is 5.75 Å². The molecule has 0 radical (unpaired) electrons. The number of amides is 1. The molecule has 1 aliphatic heterocycles. The van der Waals surface area contributed by atoms with Gasteiger partial charge in [0.05, 0.1) is 6.54 Å². The van der Waals surface area contributed by atoms with E-state index in [-0.39, 0.29) is 18.2 Å². The van der Waals surface area contributed by atoms with E-state index in [1.807, 2.05) is 12.1 Å². The number of esters is 1. The second kappa shape index (κ2) is 5.36. The predicted molar refractivity (Wildman–Crippen MR) is 75.2 cm³/mol. The Labute approximate surface area is 120 Å². The summed E-state index contributed by atoms with van der Waals surface area (Å²) >= 11 is 0. The van der Waals surface area contributed by atoms with Crippen LogP contribution < -0.4 is 0 Å². The van der Waals surface area contributed by atoms with Gasteiger partial charge in [-0.05, 0) is 32.4 Å². The standard InChI is InChI=1S/C14H17NO4S/c1-14(2,3)19-12(16)9-20(18)15-8-10-6-4-5-7-11(10)13(15)17/h4-7H,8-9H2,1-3H3. The van der Waals surface area contributed by atoms with Gasteiger partial charge in [0.25, 0.3) is 5.91 Å². The highest BCUT2D eigenvalue weighted by Gasteiger charge is 2.32. The Bertz CT molecular complexity index is 577. The highest BCUT2D eigenvalue weighted by atomic mass is 32.2. The van der Waals surface area contributed by atoms with Crippen LogP contribution in [-0.2, 0) is 27.1 Å². The molecule has 0 fully saturated rings. The van der Waals surface area contributed by atoms with Crippen LogP contribution in [-0.4, -0.2) is 31.7 Å². The second-order valence-corrected chi connectivity index (χ2v) is 6.92. The van der Waals surface area contributed by atoms with Crippen LogP contribution in [0.15, 0.2) is 24.3 Å². The zero-order valence-electron chi connectivity index (χ0n) is 11.7. The van der Waals surface area contributed by atoms with Crippen molar-refractivity contribution in [3.05, 3.63) is 35.4 Å². The molecular weight excluding hydrogens is 278 g/mol. The summed E-state index contributed by atoms with van der Waals surface area (Å²) in [5, 5.41) is 0. The lowest BCUT2D eigenvalue weighted by molar-refractivity contribution is -0.151. The normalized spacial score (nSPS) is 15.9. The van der Waals surface area contributed by atoms with E-state index in [4.69, 9.17) is 4.74 Å². The number of hydrogen-bond acceptors (Lipinski definition) is 4. The highest BCUT2D eigenvalue weighted by molar-refractivity contribution is 7.83. The van der Waals surface area contributed by atoms with Gasteiger partial charge in [-0.1, -0.05) is 18.2 Å². The monoisotopic (exact) mass is 295 g/mol. The largest absolute Gasteiger partial charge is 0.459 e. The summed E-state index contributed by atoms with van der Waals surface area (Å²) < 4.78 is 18.4. The minimum Gasteiger partial charge on any atom is -0.459 e. The molecule has 1 atom stereocenters. The van der Waals surface area contributed by atoms with Gasteiger partial charge in [-0.2, -0.15) is 0 Å². The van der Waals surface area contributed by atoms with E-state index in [1.54, 1.807) is 32.9 Å². The van der Waals surface area contributed by atoms with Crippen molar-refractivity contribution in [1.82, 2.24) is 4.31 Å². The third-order valence-corrected chi connectivity index (χ3v) is 3.96. The van der Waals surface area contributed by atoms with Gasteiger partial charge in [0.15, 0.2) is 0 Å². The number of ether oxygens (including phenoxy) is 1. The van der Waals surface area contributed by atoms with Gasteiger partial charge in [-0.3, -0.25) is 13.9 Å². The van der Waals surface area contributed by atoms with Crippen molar-refractivity contribution in [3.63, 3.8) is 0 Å². The Hall–Kier alpha value is -1.69. The number of carbonyl (C=O) groups is 2. The third kappa shape index (κ3) is 3.25. The summed E-state index contributed by atoms with van der Waals surface area (Å²) in [5.41, 5.74) is 0.749. The van der Waals surface area contributed by atoms with Crippen molar-refractivity contribution >= 4 is 22.9 Å². The highest BCUT2D eigenvalue weighted by Crippen LogP contribution is 2.23. The molecule has 1 amide bonds. The fourth-order valence-corrected chi connectivity index (χ4v) is 2.92. The maximum Gasteiger partial charge on any atom is 0.320 e. The lowest BCUT2D eigenvalue weighted by atomic mass is 10.1. The molecule has 0 saturated heterocycles. The number of rotatable bonds is 3. The Morgan fingerprint density at radius 3 is 2.60 bits per heavy atom. The number of carbonyl (C=O) groups excluding carboxylic acids is 2. The van der Waals surface area contributed by atoms with Gasteiger partial charge >= 0.3 is 5.97 Å². The maximum atomic E-state index is 12.1. The molecule has 0 N–H and O–H groups in total. The lowest BCUT2D eigenvalue weighted by Gasteiger charge is -2.20. The molecule has 5 nitrogen and oxygen atoms in total. The molecule has 2 rings (SSSR count). The van der Waals surface area contributed by atoms with Crippen LogP contribution in [0.2, 0.25) is 0 Å². The van der Waals surface area contributed by atoms with Crippen LogP contribution >= 0.6 is 0 Å². The molecule has 0 aromatic heterocycles. The molecule has 1 heterocycles. The summed E-state index contributed by atoms with van der Waals surface area (Å²) in [7, 11) is -1.71. The summed E-state index contributed by atoms with van der Waals surface area (Å²) in [6, 6.07) is 7.10. The van der Waals surface area contributed by atoms with E-state index in [0.29, 0.717) is 5.56 Å². The molecule has 0 saturated carbocycles. The summed E-state index contributed by atoms with van der Waals surface area (Å²) in [4.78, 5) is 23.7. The quantitative estimate of drug-likeness (QED) is 0.795. The smallest absolute Gasteiger partial charge is 0.320 e. The molecule has 20 heavy (non-hydrogen) atoms. The summed E-state index contributed by atoms with van der Waals surface area (Å²) in [6.45, 7) is 5.49. The Morgan fingerprint density at radius 1 is 1.35 bits per heavy atom. The van der Waals surface area contributed by atoms with Crippen molar-refractivity contribution in [2.45, 2.75) is 32.9 Å². The molecule has 1 aromatic rings. The van der Waals surface area contributed by atoms with Gasteiger partial charge in [0.2, 0.25) is 0 Å². The van der Waals surface area contributed by atoms with E-state index in [9.17, 15) is 13.8 Å². The molecule has 1 aromatic carbocycles.